The fourth-order valence-corrected chi connectivity index (χ4v) is 2.29. The highest BCUT2D eigenvalue weighted by atomic mass is 35.5. The smallest absolute Gasteiger partial charge is 0.254 e. The molecule has 104 valence electrons. The van der Waals surface area contributed by atoms with Gasteiger partial charge in [0.25, 0.3) is 5.91 Å². The summed E-state index contributed by atoms with van der Waals surface area (Å²) in [6, 6.07) is 3.31. The number of aromatic nitrogens is 1. The summed E-state index contributed by atoms with van der Waals surface area (Å²) in [4.78, 5) is 18.3. The van der Waals surface area contributed by atoms with Gasteiger partial charge in [-0.2, -0.15) is 0 Å². The number of pyridine rings is 1. The molecule has 2 heterocycles. The average molecular weight is 284 g/mol. The Morgan fingerprint density at radius 1 is 1.63 bits per heavy atom. The maximum absolute atomic E-state index is 12.4. The number of nitrogens with one attached hydrogen (secondary N) is 1. The Morgan fingerprint density at radius 3 is 3.11 bits per heavy atom. The van der Waals surface area contributed by atoms with Crippen molar-refractivity contribution in [3.05, 3.63) is 22.8 Å². The number of morpholine rings is 1. The first-order valence-electron chi connectivity index (χ1n) is 6.40. The van der Waals surface area contributed by atoms with Crippen molar-refractivity contribution in [2.75, 3.05) is 32.1 Å². The van der Waals surface area contributed by atoms with Gasteiger partial charge < -0.3 is 15.0 Å². The second-order valence-electron chi connectivity index (χ2n) is 4.47. The van der Waals surface area contributed by atoms with Gasteiger partial charge in [-0.1, -0.05) is 18.5 Å². The third kappa shape index (κ3) is 3.36. The maximum atomic E-state index is 12.4. The second kappa shape index (κ2) is 6.21. The minimum Gasteiger partial charge on any atom is -0.375 e. The summed E-state index contributed by atoms with van der Waals surface area (Å²) in [6.45, 7) is 3.89. The molecule has 5 nitrogen and oxygen atoms in total. The zero-order valence-corrected chi connectivity index (χ0v) is 11.9. The van der Waals surface area contributed by atoms with E-state index in [1.165, 1.54) is 0 Å². The van der Waals surface area contributed by atoms with E-state index in [0.29, 0.717) is 36.2 Å². The molecule has 0 aromatic carbocycles. The molecular weight excluding hydrogens is 266 g/mol. The lowest BCUT2D eigenvalue weighted by molar-refractivity contribution is -0.0226. The Bertz CT molecular complexity index is 467. The molecule has 1 aliphatic heterocycles. The number of amides is 1. The molecule has 1 unspecified atom stereocenters. The summed E-state index contributed by atoms with van der Waals surface area (Å²) >= 11 is 5.92. The monoisotopic (exact) mass is 283 g/mol. The first-order chi connectivity index (χ1) is 9.13. The number of rotatable bonds is 3. The molecule has 0 bridgehead atoms. The molecule has 0 saturated carbocycles. The summed E-state index contributed by atoms with van der Waals surface area (Å²) < 4.78 is 5.57. The van der Waals surface area contributed by atoms with Crippen molar-refractivity contribution in [1.82, 2.24) is 9.88 Å². The van der Waals surface area contributed by atoms with Crippen LogP contribution in [0.15, 0.2) is 12.1 Å². The van der Waals surface area contributed by atoms with Crippen molar-refractivity contribution in [3.63, 3.8) is 0 Å². The molecule has 2 rings (SSSR count). The van der Waals surface area contributed by atoms with E-state index in [1.54, 1.807) is 19.2 Å². The number of halogens is 1. The highest BCUT2D eigenvalue weighted by molar-refractivity contribution is 6.29. The number of carbonyl (C=O) groups excluding carboxylic acids is 1. The zero-order valence-electron chi connectivity index (χ0n) is 11.1. The third-order valence-corrected chi connectivity index (χ3v) is 3.37. The van der Waals surface area contributed by atoms with Crippen molar-refractivity contribution in [1.29, 1.82) is 0 Å². The topological polar surface area (TPSA) is 54.5 Å². The van der Waals surface area contributed by atoms with Crippen LogP contribution in [0.25, 0.3) is 0 Å². The molecule has 19 heavy (non-hydrogen) atoms. The lowest BCUT2D eigenvalue weighted by atomic mass is 10.1. The van der Waals surface area contributed by atoms with Crippen LogP contribution in [0, 0.1) is 0 Å². The normalized spacial score (nSPS) is 19.3. The van der Waals surface area contributed by atoms with Crippen LogP contribution in [0.2, 0.25) is 5.15 Å². The SMILES string of the molecule is CCC1CN(C(=O)c2cc(Cl)nc(NC)c2)CCO1. The molecule has 1 saturated heterocycles. The van der Waals surface area contributed by atoms with E-state index in [2.05, 4.69) is 17.2 Å². The summed E-state index contributed by atoms with van der Waals surface area (Å²) in [6.07, 6.45) is 1.03. The molecule has 1 amide bonds. The van der Waals surface area contributed by atoms with E-state index in [4.69, 9.17) is 16.3 Å². The minimum atomic E-state index is -0.0254. The Hall–Kier alpha value is -1.33. The van der Waals surface area contributed by atoms with Gasteiger partial charge in [-0.05, 0) is 18.6 Å². The van der Waals surface area contributed by atoms with Crippen LogP contribution in [0.5, 0.6) is 0 Å². The Labute approximate surface area is 117 Å². The number of hydrogen-bond donors (Lipinski definition) is 1. The largest absolute Gasteiger partial charge is 0.375 e. The van der Waals surface area contributed by atoms with E-state index in [0.717, 1.165) is 6.42 Å². The second-order valence-corrected chi connectivity index (χ2v) is 4.85. The van der Waals surface area contributed by atoms with E-state index in [-0.39, 0.29) is 12.0 Å². The van der Waals surface area contributed by atoms with Crippen LogP contribution >= 0.6 is 11.6 Å². The predicted octanol–water partition coefficient (Wildman–Crippen LogP) is 2.03. The minimum absolute atomic E-state index is 0.0254. The van der Waals surface area contributed by atoms with Crippen LogP contribution in [-0.4, -0.2) is 48.6 Å². The Balaban J connectivity index is 2.16. The van der Waals surface area contributed by atoms with Gasteiger partial charge in [0.15, 0.2) is 0 Å². The number of hydrogen-bond acceptors (Lipinski definition) is 4. The predicted molar refractivity (Wildman–Crippen MR) is 74.7 cm³/mol. The molecule has 6 heteroatoms. The van der Waals surface area contributed by atoms with E-state index in [9.17, 15) is 4.79 Å². The van der Waals surface area contributed by atoms with Crippen LogP contribution < -0.4 is 5.32 Å². The Kier molecular flexibility index (Phi) is 4.61. The van der Waals surface area contributed by atoms with E-state index < -0.39 is 0 Å². The highest BCUT2D eigenvalue weighted by Gasteiger charge is 2.24. The van der Waals surface area contributed by atoms with Crippen molar-refractivity contribution < 1.29 is 9.53 Å². The summed E-state index contributed by atoms with van der Waals surface area (Å²) in [5.74, 6) is 0.568. The quantitative estimate of drug-likeness (QED) is 0.863. The number of anilines is 1. The molecule has 1 atom stereocenters. The number of ether oxygens (including phenoxy) is 1. The van der Waals surface area contributed by atoms with Gasteiger partial charge >= 0.3 is 0 Å². The average Bonchev–Trinajstić information content (AvgIpc) is 2.45. The van der Waals surface area contributed by atoms with Crippen molar-refractivity contribution in [3.8, 4) is 0 Å². The van der Waals surface area contributed by atoms with Gasteiger partial charge in [0.05, 0.1) is 12.7 Å². The first kappa shape index (κ1) is 14.1. The fourth-order valence-electron chi connectivity index (χ4n) is 2.08. The van der Waals surface area contributed by atoms with E-state index >= 15 is 0 Å². The van der Waals surface area contributed by atoms with Crippen molar-refractivity contribution in [2.24, 2.45) is 0 Å². The molecule has 1 aromatic heterocycles. The van der Waals surface area contributed by atoms with Gasteiger partial charge in [-0.25, -0.2) is 4.98 Å². The van der Waals surface area contributed by atoms with Crippen LogP contribution in [-0.2, 0) is 4.74 Å². The van der Waals surface area contributed by atoms with Crippen LogP contribution in [0.3, 0.4) is 0 Å². The molecule has 1 aromatic rings. The van der Waals surface area contributed by atoms with Crippen molar-refractivity contribution >= 4 is 23.3 Å². The van der Waals surface area contributed by atoms with Gasteiger partial charge in [-0.3, -0.25) is 4.79 Å². The van der Waals surface area contributed by atoms with Crippen molar-refractivity contribution in [2.45, 2.75) is 19.4 Å². The Morgan fingerprint density at radius 2 is 2.42 bits per heavy atom. The zero-order chi connectivity index (χ0) is 13.8. The molecule has 0 spiro atoms. The van der Waals surface area contributed by atoms with Crippen LogP contribution in [0.4, 0.5) is 5.82 Å². The van der Waals surface area contributed by atoms with Gasteiger partial charge in [-0.15, -0.1) is 0 Å². The maximum Gasteiger partial charge on any atom is 0.254 e. The molecule has 0 aliphatic carbocycles. The summed E-state index contributed by atoms with van der Waals surface area (Å²) in [5, 5.41) is 3.21. The lowest BCUT2D eigenvalue weighted by Crippen LogP contribution is -2.45. The fraction of sp³-hybridized carbons (Fsp3) is 0.538. The summed E-state index contributed by atoms with van der Waals surface area (Å²) in [5.41, 5.74) is 0.557. The van der Waals surface area contributed by atoms with Crippen LogP contribution in [0.1, 0.15) is 23.7 Å². The molecule has 0 radical (unpaired) electrons. The third-order valence-electron chi connectivity index (χ3n) is 3.18. The number of nitrogens with zero attached hydrogens (tertiary/aromatic N) is 2. The molecule has 1 N–H and O–H groups in total. The number of carbonyl (C=O) groups is 1. The molecule has 1 aliphatic rings. The molecular formula is C13H18ClN3O2. The van der Waals surface area contributed by atoms with E-state index in [1.807, 2.05) is 4.90 Å². The standard InChI is InChI=1S/C13H18ClN3O2/c1-3-10-8-17(4-5-19-10)13(18)9-6-11(14)16-12(7-9)15-2/h6-7,10H,3-5,8H2,1-2H3,(H,15,16). The highest BCUT2D eigenvalue weighted by Crippen LogP contribution is 2.18. The first-order valence-corrected chi connectivity index (χ1v) is 6.78. The van der Waals surface area contributed by atoms with Gasteiger partial charge in [0.2, 0.25) is 0 Å². The molecule has 1 fully saturated rings. The van der Waals surface area contributed by atoms with Gasteiger partial charge in [0.1, 0.15) is 11.0 Å². The lowest BCUT2D eigenvalue weighted by Gasteiger charge is -2.32. The summed E-state index contributed by atoms with van der Waals surface area (Å²) in [7, 11) is 1.74. The van der Waals surface area contributed by atoms with Gasteiger partial charge in [0, 0.05) is 25.7 Å².